The van der Waals surface area contributed by atoms with E-state index < -0.39 is 5.41 Å². The molecule has 0 saturated carbocycles. The fourth-order valence-corrected chi connectivity index (χ4v) is 5.61. The molecule has 1 amide bonds. The zero-order chi connectivity index (χ0) is 19.5. The average Bonchev–Trinajstić information content (AvgIpc) is 2.95. The molecule has 1 saturated heterocycles. The summed E-state index contributed by atoms with van der Waals surface area (Å²) in [6, 6.07) is 14.9. The predicted molar refractivity (Wildman–Crippen MR) is 110 cm³/mol. The number of hydrogen-bond acceptors (Lipinski definition) is 2. The molecule has 1 aliphatic heterocycles. The van der Waals surface area contributed by atoms with Crippen molar-refractivity contribution in [3.05, 3.63) is 70.3 Å². The number of rotatable bonds is 1. The molecule has 0 bridgehead atoms. The van der Waals surface area contributed by atoms with E-state index in [4.69, 9.17) is 0 Å². The van der Waals surface area contributed by atoms with Crippen LogP contribution >= 0.6 is 0 Å². The molecule has 1 unspecified atom stereocenters. The average molecular weight is 373 g/mol. The van der Waals surface area contributed by atoms with Gasteiger partial charge in [0.05, 0.1) is 0 Å². The van der Waals surface area contributed by atoms with Gasteiger partial charge in [-0.1, -0.05) is 30.3 Å². The van der Waals surface area contributed by atoms with Gasteiger partial charge >= 0.3 is 0 Å². The Hall–Kier alpha value is -2.42. The summed E-state index contributed by atoms with van der Waals surface area (Å²) in [5.41, 5.74) is 5.26. The van der Waals surface area contributed by atoms with Crippen molar-refractivity contribution in [2.24, 2.45) is 0 Å². The Kier molecular flexibility index (Phi) is 3.97. The molecule has 2 aliphatic carbocycles. The molecule has 3 nitrogen and oxygen atoms in total. The van der Waals surface area contributed by atoms with E-state index in [1.807, 2.05) is 32.0 Å². The Morgan fingerprint density at radius 3 is 2.75 bits per heavy atom. The summed E-state index contributed by atoms with van der Waals surface area (Å²) in [5, 5.41) is 0. The van der Waals surface area contributed by atoms with Crippen molar-refractivity contribution in [3.63, 3.8) is 0 Å². The van der Waals surface area contributed by atoms with Gasteiger partial charge in [0.15, 0.2) is 0 Å². The lowest BCUT2D eigenvalue weighted by Gasteiger charge is -2.45. The Bertz CT molecular complexity index is 974. The fourth-order valence-electron chi connectivity index (χ4n) is 5.61. The van der Waals surface area contributed by atoms with E-state index in [0.717, 1.165) is 48.9 Å². The summed E-state index contributed by atoms with van der Waals surface area (Å²) in [6.45, 7) is 4.79. The molecule has 0 radical (unpaired) electrons. The first-order valence-corrected chi connectivity index (χ1v) is 10.5. The summed E-state index contributed by atoms with van der Waals surface area (Å²) in [7, 11) is 0. The SMILES string of the molecule is CC1(C)C(=O)Cc2ccc(C(=O)N3CCCC4c5ccccc5CC[C@@H]43)cc21. The number of hydrogen-bond donors (Lipinski definition) is 0. The third-order valence-corrected chi connectivity index (χ3v) is 7.28. The molecule has 0 N–H and O–H groups in total. The lowest BCUT2D eigenvalue weighted by molar-refractivity contribution is -0.121. The number of likely N-dealkylation sites (tertiary alicyclic amines) is 1. The highest BCUT2D eigenvalue weighted by molar-refractivity contribution is 5.99. The summed E-state index contributed by atoms with van der Waals surface area (Å²) in [6.07, 6.45) is 4.80. The molecule has 1 heterocycles. The van der Waals surface area contributed by atoms with Crippen LogP contribution < -0.4 is 0 Å². The minimum Gasteiger partial charge on any atom is -0.335 e. The van der Waals surface area contributed by atoms with E-state index in [1.54, 1.807) is 0 Å². The van der Waals surface area contributed by atoms with Crippen molar-refractivity contribution in [2.75, 3.05) is 6.54 Å². The minimum atomic E-state index is -0.486. The monoisotopic (exact) mass is 373 g/mol. The molecule has 2 atom stereocenters. The van der Waals surface area contributed by atoms with E-state index in [-0.39, 0.29) is 11.7 Å². The number of aryl methyl sites for hydroxylation is 1. The van der Waals surface area contributed by atoms with Crippen molar-refractivity contribution in [1.82, 2.24) is 4.90 Å². The zero-order valence-electron chi connectivity index (χ0n) is 16.7. The van der Waals surface area contributed by atoms with Crippen molar-refractivity contribution < 1.29 is 9.59 Å². The first-order chi connectivity index (χ1) is 13.5. The number of nitrogens with zero attached hydrogens (tertiary/aromatic N) is 1. The van der Waals surface area contributed by atoms with Gasteiger partial charge in [-0.25, -0.2) is 0 Å². The van der Waals surface area contributed by atoms with Crippen LogP contribution in [-0.2, 0) is 23.1 Å². The molecule has 2 aromatic carbocycles. The van der Waals surface area contributed by atoms with E-state index in [9.17, 15) is 9.59 Å². The van der Waals surface area contributed by atoms with Crippen molar-refractivity contribution in [2.45, 2.75) is 63.3 Å². The quantitative estimate of drug-likeness (QED) is 0.742. The van der Waals surface area contributed by atoms with Crippen molar-refractivity contribution in [3.8, 4) is 0 Å². The van der Waals surface area contributed by atoms with Crippen LogP contribution in [0.1, 0.15) is 71.6 Å². The van der Waals surface area contributed by atoms with Crippen LogP contribution in [0.25, 0.3) is 0 Å². The molecule has 3 aliphatic rings. The number of amides is 1. The van der Waals surface area contributed by atoms with Crippen LogP contribution in [-0.4, -0.2) is 29.2 Å². The molecule has 144 valence electrons. The van der Waals surface area contributed by atoms with E-state index in [2.05, 4.69) is 29.2 Å². The second-order valence-corrected chi connectivity index (χ2v) is 9.15. The highest BCUT2D eigenvalue weighted by Crippen LogP contribution is 2.42. The standard InChI is InChI=1S/C25H27NO2/c1-25(2)21-14-18(10-9-17(21)15-23(25)27)24(28)26-13-5-8-20-19-7-4-3-6-16(19)11-12-22(20)26/h3-4,6-7,9-10,14,20,22H,5,8,11-13,15H2,1-2H3/t20?,22-/m0/s1. The fraction of sp³-hybridized carbons (Fsp3) is 0.440. The van der Waals surface area contributed by atoms with Gasteiger partial charge in [-0.2, -0.15) is 0 Å². The van der Waals surface area contributed by atoms with Crippen LogP contribution in [0.4, 0.5) is 0 Å². The zero-order valence-corrected chi connectivity index (χ0v) is 16.7. The van der Waals surface area contributed by atoms with E-state index in [0.29, 0.717) is 18.4 Å². The molecule has 2 aromatic rings. The molecule has 0 spiro atoms. The summed E-state index contributed by atoms with van der Waals surface area (Å²) in [5.74, 6) is 0.830. The van der Waals surface area contributed by atoms with Gasteiger partial charge in [-0.3, -0.25) is 9.59 Å². The Labute approximate surface area is 166 Å². The smallest absolute Gasteiger partial charge is 0.254 e. The molecule has 28 heavy (non-hydrogen) atoms. The van der Waals surface area contributed by atoms with E-state index >= 15 is 0 Å². The van der Waals surface area contributed by atoms with Gasteiger partial charge in [-0.05, 0) is 73.9 Å². The maximum absolute atomic E-state index is 13.5. The largest absolute Gasteiger partial charge is 0.335 e. The normalized spacial score (nSPS) is 25.1. The molecule has 3 heteroatoms. The van der Waals surface area contributed by atoms with Gasteiger partial charge in [0.2, 0.25) is 0 Å². The highest BCUT2D eigenvalue weighted by Gasteiger charge is 2.41. The second kappa shape index (κ2) is 6.30. The third-order valence-electron chi connectivity index (χ3n) is 7.28. The van der Waals surface area contributed by atoms with Gasteiger partial charge in [0, 0.05) is 35.9 Å². The van der Waals surface area contributed by atoms with Crippen molar-refractivity contribution in [1.29, 1.82) is 0 Å². The van der Waals surface area contributed by atoms with Crippen LogP contribution in [0.15, 0.2) is 42.5 Å². The molecular formula is C25H27NO2. The second-order valence-electron chi connectivity index (χ2n) is 9.15. The number of carbonyl (C=O) groups is 2. The van der Waals surface area contributed by atoms with Crippen LogP contribution in [0, 0.1) is 0 Å². The number of fused-ring (bicyclic) bond motifs is 4. The van der Waals surface area contributed by atoms with Crippen molar-refractivity contribution >= 4 is 11.7 Å². The number of benzene rings is 2. The highest BCUT2D eigenvalue weighted by atomic mass is 16.2. The van der Waals surface area contributed by atoms with Crippen LogP contribution in [0.2, 0.25) is 0 Å². The number of carbonyl (C=O) groups excluding carboxylic acids is 2. The minimum absolute atomic E-state index is 0.132. The molecule has 5 rings (SSSR count). The maximum atomic E-state index is 13.5. The Balaban J connectivity index is 1.47. The Morgan fingerprint density at radius 1 is 1.07 bits per heavy atom. The Morgan fingerprint density at radius 2 is 1.89 bits per heavy atom. The van der Waals surface area contributed by atoms with Crippen LogP contribution in [0.3, 0.4) is 0 Å². The van der Waals surface area contributed by atoms with Gasteiger partial charge in [0.25, 0.3) is 5.91 Å². The number of ketones is 1. The predicted octanol–water partition coefficient (Wildman–Crippen LogP) is 4.42. The van der Waals surface area contributed by atoms with Gasteiger partial charge in [-0.15, -0.1) is 0 Å². The molecular weight excluding hydrogens is 346 g/mol. The number of piperidine rings is 1. The van der Waals surface area contributed by atoms with Gasteiger partial charge < -0.3 is 4.90 Å². The van der Waals surface area contributed by atoms with Gasteiger partial charge in [0.1, 0.15) is 5.78 Å². The molecule has 1 fully saturated rings. The third kappa shape index (κ3) is 2.56. The van der Waals surface area contributed by atoms with E-state index in [1.165, 1.54) is 11.1 Å². The summed E-state index contributed by atoms with van der Waals surface area (Å²) in [4.78, 5) is 28.0. The lowest BCUT2D eigenvalue weighted by Crippen LogP contribution is -2.49. The lowest BCUT2D eigenvalue weighted by atomic mass is 9.74. The number of Topliss-reactive ketones (excluding diaryl/α,β-unsaturated/α-hetero) is 1. The maximum Gasteiger partial charge on any atom is 0.254 e. The first kappa shape index (κ1) is 17.7. The summed E-state index contributed by atoms with van der Waals surface area (Å²) >= 11 is 0. The first-order valence-electron chi connectivity index (χ1n) is 10.5. The topological polar surface area (TPSA) is 37.4 Å². The van der Waals surface area contributed by atoms with Crippen LogP contribution in [0.5, 0.6) is 0 Å². The summed E-state index contributed by atoms with van der Waals surface area (Å²) < 4.78 is 0. The molecule has 0 aromatic heterocycles.